The standard InChI is InChI=1S/C8H6Br2FNO/c9-5-1-3-6(4-2-5)12-8(13)7(10)11/h1-4,7H,(H,12,13). The van der Waals surface area contributed by atoms with Gasteiger partial charge in [0, 0.05) is 10.2 Å². The molecule has 0 heterocycles. The number of amides is 1. The molecule has 0 saturated heterocycles. The number of nitrogens with one attached hydrogen (secondary N) is 1. The third kappa shape index (κ3) is 3.44. The molecule has 0 saturated carbocycles. The minimum absolute atomic E-state index is 0.565. The first-order chi connectivity index (χ1) is 6.09. The predicted molar refractivity (Wildman–Crippen MR) is 56.6 cm³/mol. The topological polar surface area (TPSA) is 29.1 Å². The first kappa shape index (κ1) is 10.7. The Morgan fingerprint density at radius 1 is 1.38 bits per heavy atom. The van der Waals surface area contributed by atoms with Gasteiger partial charge in [0.1, 0.15) is 0 Å². The van der Waals surface area contributed by atoms with Crippen molar-refractivity contribution in [2.24, 2.45) is 0 Å². The third-order valence-corrected chi connectivity index (χ3v) is 2.25. The lowest BCUT2D eigenvalue weighted by Crippen LogP contribution is -2.18. The van der Waals surface area contributed by atoms with Crippen LogP contribution in [-0.4, -0.2) is 11.0 Å². The van der Waals surface area contributed by atoms with Crippen molar-refractivity contribution in [1.82, 2.24) is 0 Å². The molecule has 70 valence electrons. The monoisotopic (exact) mass is 309 g/mol. The molecule has 0 aromatic heterocycles. The number of rotatable bonds is 2. The Morgan fingerprint density at radius 2 is 1.92 bits per heavy atom. The van der Waals surface area contributed by atoms with E-state index in [2.05, 4.69) is 37.2 Å². The average molecular weight is 311 g/mol. The zero-order valence-electron chi connectivity index (χ0n) is 6.43. The highest BCUT2D eigenvalue weighted by molar-refractivity contribution is 9.10. The van der Waals surface area contributed by atoms with Crippen LogP contribution in [0.1, 0.15) is 0 Å². The fraction of sp³-hybridized carbons (Fsp3) is 0.125. The number of benzene rings is 1. The first-order valence-electron chi connectivity index (χ1n) is 3.44. The summed E-state index contributed by atoms with van der Waals surface area (Å²) in [6.07, 6.45) is 0. The van der Waals surface area contributed by atoms with E-state index in [9.17, 15) is 9.18 Å². The molecule has 1 aromatic rings. The van der Waals surface area contributed by atoms with Gasteiger partial charge < -0.3 is 5.32 Å². The van der Waals surface area contributed by atoms with E-state index in [1.165, 1.54) is 0 Å². The molecule has 2 nitrogen and oxygen atoms in total. The maximum Gasteiger partial charge on any atom is 0.270 e. The number of anilines is 1. The highest BCUT2D eigenvalue weighted by Crippen LogP contribution is 2.15. The van der Waals surface area contributed by atoms with E-state index in [1.807, 2.05) is 0 Å². The normalized spacial score (nSPS) is 12.2. The highest BCUT2D eigenvalue weighted by atomic mass is 79.9. The number of alkyl halides is 2. The van der Waals surface area contributed by atoms with E-state index in [-0.39, 0.29) is 0 Å². The summed E-state index contributed by atoms with van der Waals surface area (Å²) in [5.74, 6) is -0.706. The molecule has 0 aliphatic rings. The Balaban J connectivity index is 2.65. The van der Waals surface area contributed by atoms with E-state index in [0.29, 0.717) is 5.69 Å². The maximum atomic E-state index is 12.4. The summed E-state index contributed by atoms with van der Waals surface area (Å²) in [4.78, 5) is 10.9. The van der Waals surface area contributed by atoms with Crippen LogP contribution in [0.5, 0.6) is 0 Å². The summed E-state index contributed by atoms with van der Waals surface area (Å²) in [5, 5.41) is 0.717. The van der Waals surface area contributed by atoms with Crippen LogP contribution in [-0.2, 0) is 4.79 Å². The number of halogens is 3. The molecule has 0 radical (unpaired) electrons. The molecule has 13 heavy (non-hydrogen) atoms. The molecule has 0 fully saturated rings. The van der Waals surface area contributed by atoms with Gasteiger partial charge in [-0.2, -0.15) is 0 Å². The quantitative estimate of drug-likeness (QED) is 0.836. The van der Waals surface area contributed by atoms with Gasteiger partial charge in [-0.15, -0.1) is 0 Å². The molecule has 0 aliphatic carbocycles. The molecule has 0 bridgehead atoms. The zero-order chi connectivity index (χ0) is 9.84. The molecule has 1 amide bonds. The van der Waals surface area contributed by atoms with Crippen LogP contribution < -0.4 is 5.32 Å². The van der Waals surface area contributed by atoms with Crippen LogP contribution in [0.15, 0.2) is 28.7 Å². The summed E-state index contributed by atoms with van der Waals surface area (Å²) in [6.45, 7) is 0. The Kier molecular flexibility index (Phi) is 3.87. The number of hydrogen-bond donors (Lipinski definition) is 1. The molecule has 1 atom stereocenters. The van der Waals surface area contributed by atoms with Gasteiger partial charge in [-0.05, 0) is 40.2 Å². The molecule has 1 N–H and O–H groups in total. The second-order valence-electron chi connectivity index (χ2n) is 2.30. The van der Waals surface area contributed by atoms with E-state index in [1.54, 1.807) is 24.3 Å². The lowest BCUT2D eigenvalue weighted by Gasteiger charge is -2.04. The Labute approximate surface area is 91.8 Å². The number of carbonyl (C=O) groups excluding carboxylic acids is 1. The van der Waals surface area contributed by atoms with Crippen molar-refractivity contribution >= 4 is 43.5 Å². The lowest BCUT2D eigenvalue weighted by atomic mass is 10.3. The molecular formula is C8H6Br2FNO. The van der Waals surface area contributed by atoms with E-state index in [4.69, 9.17) is 0 Å². The van der Waals surface area contributed by atoms with Crippen LogP contribution in [0, 0.1) is 0 Å². The molecular weight excluding hydrogens is 305 g/mol. The second-order valence-corrected chi connectivity index (χ2v) is 4.02. The molecule has 1 unspecified atom stereocenters. The van der Waals surface area contributed by atoms with Gasteiger partial charge >= 0.3 is 0 Å². The highest BCUT2D eigenvalue weighted by Gasteiger charge is 2.11. The molecule has 5 heteroatoms. The Morgan fingerprint density at radius 3 is 2.38 bits per heavy atom. The van der Waals surface area contributed by atoms with Crippen molar-refractivity contribution in [2.75, 3.05) is 5.32 Å². The fourth-order valence-corrected chi connectivity index (χ4v) is 1.11. The van der Waals surface area contributed by atoms with Crippen molar-refractivity contribution in [1.29, 1.82) is 0 Å². The van der Waals surface area contributed by atoms with Crippen LogP contribution in [0.2, 0.25) is 0 Å². The number of hydrogen-bond acceptors (Lipinski definition) is 1. The van der Waals surface area contributed by atoms with Crippen molar-refractivity contribution in [2.45, 2.75) is 5.08 Å². The molecule has 1 rings (SSSR count). The fourth-order valence-electron chi connectivity index (χ4n) is 0.730. The number of carbonyl (C=O) groups is 1. The van der Waals surface area contributed by atoms with Crippen molar-refractivity contribution < 1.29 is 9.18 Å². The lowest BCUT2D eigenvalue weighted by molar-refractivity contribution is -0.117. The second kappa shape index (κ2) is 4.72. The van der Waals surface area contributed by atoms with Crippen molar-refractivity contribution in [3.63, 3.8) is 0 Å². The van der Waals surface area contributed by atoms with Crippen molar-refractivity contribution in [3.05, 3.63) is 28.7 Å². The van der Waals surface area contributed by atoms with Gasteiger partial charge in [0.15, 0.2) is 0 Å². The first-order valence-corrected chi connectivity index (χ1v) is 5.15. The SMILES string of the molecule is O=C(Nc1ccc(Br)cc1)C(F)Br. The van der Waals surface area contributed by atoms with E-state index >= 15 is 0 Å². The van der Waals surface area contributed by atoms with E-state index in [0.717, 1.165) is 4.47 Å². The molecule has 0 spiro atoms. The Hall–Kier alpha value is -0.420. The summed E-state index contributed by atoms with van der Waals surface area (Å²) >= 11 is 5.77. The minimum Gasteiger partial charge on any atom is -0.323 e. The van der Waals surface area contributed by atoms with Crippen molar-refractivity contribution in [3.8, 4) is 0 Å². The predicted octanol–water partition coefficient (Wildman–Crippen LogP) is 3.08. The van der Waals surface area contributed by atoms with Gasteiger partial charge in [0.05, 0.1) is 0 Å². The van der Waals surface area contributed by atoms with Crippen LogP contribution in [0.3, 0.4) is 0 Å². The van der Waals surface area contributed by atoms with Gasteiger partial charge in [0.2, 0.25) is 5.08 Å². The zero-order valence-corrected chi connectivity index (χ0v) is 9.60. The van der Waals surface area contributed by atoms with Gasteiger partial charge in [-0.25, -0.2) is 4.39 Å². The molecule has 1 aromatic carbocycles. The third-order valence-electron chi connectivity index (χ3n) is 1.31. The summed E-state index contributed by atoms with van der Waals surface area (Å²) in [6, 6.07) is 6.88. The molecule has 0 aliphatic heterocycles. The van der Waals surface area contributed by atoms with E-state index < -0.39 is 11.0 Å². The average Bonchev–Trinajstić information content (AvgIpc) is 2.08. The minimum atomic E-state index is -1.67. The largest absolute Gasteiger partial charge is 0.323 e. The van der Waals surface area contributed by atoms with Crippen LogP contribution >= 0.6 is 31.9 Å². The summed E-state index contributed by atoms with van der Waals surface area (Å²) in [5.41, 5.74) is 0.565. The van der Waals surface area contributed by atoms with Gasteiger partial charge in [0.25, 0.3) is 5.91 Å². The maximum absolute atomic E-state index is 12.4. The van der Waals surface area contributed by atoms with Crippen LogP contribution in [0.4, 0.5) is 10.1 Å². The summed E-state index contributed by atoms with van der Waals surface area (Å²) in [7, 11) is 0. The van der Waals surface area contributed by atoms with Gasteiger partial charge in [-0.3, -0.25) is 4.79 Å². The van der Waals surface area contributed by atoms with Crippen LogP contribution in [0.25, 0.3) is 0 Å². The summed E-state index contributed by atoms with van der Waals surface area (Å²) < 4.78 is 13.3. The van der Waals surface area contributed by atoms with Gasteiger partial charge in [-0.1, -0.05) is 15.9 Å². The smallest absolute Gasteiger partial charge is 0.270 e. The Bertz CT molecular complexity index is 300.